The van der Waals surface area contributed by atoms with Crippen LogP contribution in [0.25, 0.3) is 11.1 Å². The third-order valence-corrected chi connectivity index (χ3v) is 7.23. The van der Waals surface area contributed by atoms with Gasteiger partial charge in [-0.15, -0.1) is 0 Å². The molecule has 3 atom stereocenters. The van der Waals surface area contributed by atoms with Crippen molar-refractivity contribution in [2.75, 3.05) is 35.2 Å². The number of carbonyl (C=O) groups excluding carboxylic acids is 1. The SMILES string of the molecule is C/C=C(/C)C(=O)O[C@@H]1c2cc3c(c(OC)c2-c2c(cc(OC)c(OC)c2OC)C[C@H](C)[C@@H]1C)OCO3. The second kappa shape index (κ2) is 10.2. The lowest BCUT2D eigenvalue weighted by molar-refractivity contribution is -0.148. The quantitative estimate of drug-likeness (QED) is 0.382. The Bertz CT molecular complexity index is 1200. The Kier molecular flexibility index (Phi) is 7.24. The van der Waals surface area contributed by atoms with Gasteiger partial charge in [0.05, 0.1) is 28.4 Å². The van der Waals surface area contributed by atoms with Crippen molar-refractivity contribution in [1.82, 2.24) is 0 Å². The first kappa shape index (κ1) is 25.5. The highest BCUT2D eigenvalue weighted by molar-refractivity contribution is 5.90. The summed E-state index contributed by atoms with van der Waals surface area (Å²) in [5.74, 6) is 2.79. The van der Waals surface area contributed by atoms with Crippen LogP contribution < -0.4 is 28.4 Å². The smallest absolute Gasteiger partial charge is 0.333 e. The van der Waals surface area contributed by atoms with Crippen LogP contribution in [0.4, 0.5) is 0 Å². The summed E-state index contributed by atoms with van der Waals surface area (Å²) >= 11 is 0. The van der Waals surface area contributed by atoms with E-state index in [0.29, 0.717) is 52.1 Å². The number of hydrogen-bond donors (Lipinski definition) is 0. The van der Waals surface area contributed by atoms with Crippen LogP contribution in [0.2, 0.25) is 0 Å². The molecule has 1 aliphatic heterocycles. The Morgan fingerprint density at radius 3 is 2.25 bits per heavy atom. The molecule has 1 heterocycles. The molecule has 194 valence electrons. The van der Waals surface area contributed by atoms with Crippen LogP contribution in [-0.2, 0) is 16.0 Å². The molecule has 0 unspecified atom stereocenters. The Balaban J connectivity index is 2.12. The lowest BCUT2D eigenvalue weighted by Gasteiger charge is -2.35. The highest BCUT2D eigenvalue weighted by atomic mass is 16.7. The van der Waals surface area contributed by atoms with Gasteiger partial charge in [0.1, 0.15) is 6.10 Å². The van der Waals surface area contributed by atoms with E-state index in [4.69, 9.17) is 33.2 Å². The summed E-state index contributed by atoms with van der Waals surface area (Å²) in [6.45, 7) is 7.87. The van der Waals surface area contributed by atoms with Gasteiger partial charge in [0.2, 0.25) is 18.3 Å². The van der Waals surface area contributed by atoms with Gasteiger partial charge in [0.25, 0.3) is 0 Å². The van der Waals surface area contributed by atoms with Gasteiger partial charge in [-0.1, -0.05) is 19.9 Å². The minimum absolute atomic E-state index is 0.0327. The minimum atomic E-state index is -0.577. The van der Waals surface area contributed by atoms with Crippen molar-refractivity contribution in [3.05, 3.63) is 34.9 Å². The third-order valence-electron chi connectivity index (χ3n) is 7.23. The van der Waals surface area contributed by atoms with Gasteiger partial charge in [-0.25, -0.2) is 4.79 Å². The van der Waals surface area contributed by atoms with E-state index in [1.807, 2.05) is 19.1 Å². The Morgan fingerprint density at radius 2 is 1.64 bits per heavy atom. The molecular weight excluding hydrogens is 464 g/mol. The van der Waals surface area contributed by atoms with Crippen molar-refractivity contribution in [3.63, 3.8) is 0 Å². The number of carbonyl (C=O) groups is 1. The fourth-order valence-electron chi connectivity index (χ4n) is 4.96. The second-order valence-electron chi connectivity index (χ2n) is 9.13. The van der Waals surface area contributed by atoms with Crippen LogP contribution >= 0.6 is 0 Å². The second-order valence-corrected chi connectivity index (χ2v) is 9.13. The molecule has 0 amide bonds. The van der Waals surface area contributed by atoms with Crippen LogP contribution in [0.15, 0.2) is 23.8 Å². The number of fused-ring (bicyclic) bond motifs is 4. The Hall–Kier alpha value is -3.55. The summed E-state index contributed by atoms with van der Waals surface area (Å²) in [6.07, 6.45) is 1.85. The number of esters is 1. The highest BCUT2D eigenvalue weighted by Gasteiger charge is 2.40. The molecule has 4 rings (SSSR count). The van der Waals surface area contributed by atoms with Crippen LogP contribution in [-0.4, -0.2) is 41.2 Å². The Morgan fingerprint density at radius 1 is 0.944 bits per heavy atom. The van der Waals surface area contributed by atoms with Gasteiger partial charge in [-0.3, -0.25) is 0 Å². The van der Waals surface area contributed by atoms with Crippen molar-refractivity contribution in [3.8, 4) is 45.6 Å². The molecule has 0 saturated carbocycles. The van der Waals surface area contributed by atoms with Crippen molar-refractivity contribution in [2.45, 2.75) is 40.2 Å². The molecule has 2 aromatic carbocycles. The fourth-order valence-corrected chi connectivity index (χ4v) is 4.96. The van der Waals surface area contributed by atoms with Crippen LogP contribution in [0.1, 0.15) is 44.9 Å². The van der Waals surface area contributed by atoms with Crippen molar-refractivity contribution >= 4 is 5.97 Å². The molecule has 0 fully saturated rings. The van der Waals surface area contributed by atoms with Crippen molar-refractivity contribution < 1.29 is 38.0 Å². The first-order chi connectivity index (χ1) is 17.3. The number of hydrogen-bond acceptors (Lipinski definition) is 8. The average Bonchev–Trinajstić information content (AvgIpc) is 3.36. The number of methoxy groups -OCH3 is 4. The van der Waals surface area contributed by atoms with E-state index in [-0.39, 0.29) is 24.6 Å². The first-order valence-electron chi connectivity index (χ1n) is 12.0. The average molecular weight is 499 g/mol. The summed E-state index contributed by atoms with van der Waals surface area (Å²) in [5, 5.41) is 0. The predicted molar refractivity (Wildman–Crippen MR) is 135 cm³/mol. The van der Waals surface area contributed by atoms with E-state index in [0.717, 1.165) is 16.7 Å². The van der Waals surface area contributed by atoms with Gasteiger partial charge in [0.15, 0.2) is 23.0 Å². The van der Waals surface area contributed by atoms with Crippen LogP contribution in [0, 0.1) is 11.8 Å². The molecule has 0 bridgehead atoms. The van der Waals surface area contributed by atoms with E-state index < -0.39 is 6.10 Å². The molecule has 0 aromatic heterocycles. The molecule has 8 nitrogen and oxygen atoms in total. The number of benzene rings is 2. The normalized spacial score (nSPS) is 20.4. The van der Waals surface area contributed by atoms with Gasteiger partial charge in [-0.2, -0.15) is 0 Å². The van der Waals surface area contributed by atoms with E-state index in [2.05, 4.69) is 13.8 Å². The minimum Gasteiger partial charge on any atom is -0.493 e. The summed E-state index contributed by atoms with van der Waals surface area (Å²) in [4.78, 5) is 13.0. The predicted octanol–water partition coefficient (Wildman–Crippen LogP) is 5.50. The van der Waals surface area contributed by atoms with E-state index in [1.165, 1.54) is 0 Å². The van der Waals surface area contributed by atoms with Gasteiger partial charge in [-0.05, 0) is 43.9 Å². The number of ether oxygens (including phenoxy) is 7. The van der Waals surface area contributed by atoms with E-state index in [9.17, 15) is 4.79 Å². The standard InChI is InChI=1S/C28H34O8/c1-9-14(2)28(29)36-23-16(4)15(3)10-17-11-19(30-5)24(31-6)26(32-7)21(17)22-18(23)12-20-25(27(22)33-8)35-13-34-20/h9,11-12,15-16,23H,10,13H2,1-8H3/b14-9-/t15-,16-,23-/m0/s1. The van der Waals surface area contributed by atoms with Gasteiger partial charge >= 0.3 is 5.97 Å². The Labute approximate surface area is 212 Å². The number of rotatable bonds is 6. The molecule has 0 spiro atoms. The molecule has 2 aliphatic rings. The topological polar surface area (TPSA) is 81.7 Å². The molecule has 36 heavy (non-hydrogen) atoms. The molecule has 2 aromatic rings. The molecule has 8 heteroatoms. The van der Waals surface area contributed by atoms with Crippen LogP contribution in [0.3, 0.4) is 0 Å². The van der Waals surface area contributed by atoms with E-state index >= 15 is 0 Å². The lowest BCUT2D eigenvalue weighted by Crippen LogP contribution is -2.27. The number of allylic oxidation sites excluding steroid dienone is 1. The summed E-state index contributed by atoms with van der Waals surface area (Å²) in [6, 6.07) is 3.86. The molecule has 0 N–H and O–H groups in total. The van der Waals surface area contributed by atoms with E-state index in [1.54, 1.807) is 41.4 Å². The lowest BCUT2D eigenvalue weighted by atomic mass is 9.75. The zero-order chi connectivity index (χ0) is 26.1. The maximum absolute atomic E-state index is 13.0. The third kappa shape index (κ3) is 4.08. The zero-order valence-electron chi connectivity index (χ0n) is 22.1. The maximum Gasteiger partial charge on any atom is 0.333 e. The largest absolute Gasteiger partial charge is 0.493 e. The first-order valence-corrected chi connectivity index (χ1v) is 12.0. The molecule has 1 aliphatic carbocycles. The summed E-state index contributed by atoms with van der Waals surface area (Å²) in [7, 11) is 6.35. The van der Waals surface area contributed by atoms with Gasteiger partial charge in [0, 0.05) is 28.2 Å². The summed E-state index contributed by atoms with van der Waals surface area (Å²) in [5.41, 5.74) is 3.78. The molecule has 0 saturated heterocycles. The van der Waals surface area contributed by atoms with Gasteiger partial charge < -0.3 is 33.2 Å². The summed E-state index contributed by atoms with van der Waals surface area (Å²) < 4.78 is 41.0. The van der Waals surface area contributed by atoms with Crippen molar-refractivity contribution in [1.29, 1.82) is 0 Å². The zero-order valence-corrected chi connectivity index (χ0v) is 22.1. The monoisotopic (exact) mass is 498 g/mol. The molecule has 0 radical (unpaired) electrons. The molecular formula is C28H34O8. The fraction of sp³-hybridized carbons (Fsp3) is 0.464. The van der Waals surface area contributed by atoms with Crippen LogP contribution in [0.5, 0.6) is 34.5 Å². The maximum atomic E-state index is 13.0. The van der Waals surface area contributed by atoms with Crippen molar-refractivity contribution in [2.24, 2.45) is 11.8 Å². The highest BCUT2D eigenvalue weighted by Crippen LogP contribution is 2.58.